The van der Waals surface area contributed by atoms with E-state index < -0.39 is 0 Å². The SMILES string of the molecule is Cc1ccc(N(c2ccc(C)cc2)c2ccc3c4ccc(B(c5c(C)cc(C)cc5C)c5c(C)ccc(C)c5C)c5cccc(c6cccc2c63)c54)cc1. The lowest BCUT2D eigenvalue weighted by Gasteiger charge is -2.28. The Labute approximate surface area is 320 Å². The molecule has 0 N–H and O–H groups in total. The average Bonchev–Trinajstić information content (AvgIpc) is 3.16. The number of benzene rings is 9. The molecule has 0 aliphatic rings. The Bertz CT molecular complexity index is 2810. The van der Waals surface area contributed by atoms with Crippen LogP contribution < -0.4 is 21.3 Å². The zero-order valence-electron chi connectivity index (χ0n) is 32.7. The van der Waals surface area contributed by atoms with Gasteiger partial charge in [-0.15, -0.1) is 0 Å². The Morgan fingerprint density at radius 1 is 0.370 bits per heavy atom. The first kappa shape index (κ1) is 33.9. The van der Waals surface area contributed by atoms with Crippen LogP contribution >= 0.6 is 0 Å². The van der Waals surface area contributed by atoms with Crippen molar-refractivity contribution in [1.29, 1.82) is 0 Å². The number of aryl methyl sites for hydroxylation is 7. The van der Waals surface area contributed by atoms with Crippen LogP contribution in [0.1, 0.15) is 44.5 Å². The third-order valence-corrected chi connectivity index (χ3v) is 12.1. The fourth-order valence-corrected chi connectivity index (χ4v) is 9.50. The smallest absolute Gasteiger partial charge is 0.243 e. The van der Waals surface area contributed by atoms with E-state index >= 15 is 0 Å². The lowest BCUT2D eigenvalue weighted by Crippen LogP contribution is -2.56. The second-order valence-electron chi connectivity index (χ2n) is 15.8. The molecule has 0 saturated carbocycles. The number of hydrogen-bond donors (Lipinski definition) is 0. The van der Waals surface area contributed by atoms with E-state index in [1.807, 2.05) is 0 Å². The first-order chi connectivity index (χ1) is 26.1. The zero-order chi connectivity index (χ0) is 37.4. The van der Waals surface area contributed by atoms with E-state index in [-0.39, 0.29) is 6.71 Å². The topological polar surface area (TPSA) is 3.24 Å². The van der Waals surface area contributed by atoms with Gasteiger partial charge in [0.2, 0.25) is 6.71 Å². The van der Waals surface area contributed by atoms with Crippen molar-refractivity contribution in [3.05, 3.63) is 178 Å². The van der Waals surface area contributed by atoms with E-state index in [1.165, 1.54) is 110 Å². The van der Waals surface area contributed by atoms with Crippen LogP contribution in [0.15, 0.2) is 133 Å². The van der Waals surface area contributed by atoms with Gasteiger partial charge in [0, 0.05) is 16.8 Å². The van der Waals surface area contributed by atoms with Crippen molar-refractivity contribution in [3.8, 4) is 0 Å². The summed E-state index contributed by atoms with van der Waals surface area (Å²) in [6.45, 7) is 18.1. The minimum atomic E-state index is 0.104. The van der Waals surface area contributed by atoms with Crippen molar-refractivity contribution in [2.75, 3.05) is 4.90 Å². The Balaban J connectivity index is 1.35. The minimum absolute atomic E-state index is 0.104. The van der Waals surface area contributed by atoms with Gasteiger partial charge >= 0.3 is 0 Å². The van der Waals surface area contributed by atoms with E-state index in [0.717, 1.165) is 11.4 Å². The summed E-state index contributed by atoms with van der Waals surface area (Å²) in [6, 6.07) is 50.7. The molecule has 2 heteroatoms. The summed E-state index contributed by atoms with van der Waals surface area (Å²) in [5, 5.41) is 10.5. The van der Waals surface area contributed by atoms with Gasteiger partial charge in [-0.05, 0) is 129 Å². The molecule has 262 valence electrons. The van der Waals surface area contributed by atoms with Crippen molar-refractivity contribution in [2.24, 2.45) is 0 Å². The average molecular weight is 696 g/mol. The fraction of sp³-hybridized carbons (Fsp3) is 0.154. The van der Waals surface area contributed by atoms with E-state index in [4.69, 9.17) is 0 Å². The molecule has 0 fully saturated rings. The van der Waals surface area contributed by atoms with Gasteiger partial charge in [-0.1, -0.05) is 158 Å². The van der Waals surface area contributed by atoms with Crippen LogP contribution in [0.2, 0.25) is 0 Å². The number of rotatable bonds is 6. The molecule has 54 heavy (non-hydrogen) atoms. The highest BCUT2D eigenvalue weighted by Gasteiger charge is 2.31. The molecule has 9 rings (SSSR count). The summed E-state index contributed by atoms with van der Waals surface area (Å²) < 4.78 is 0. The van der Waals surface area contributed by atoms with Crippen LogP contribution in [0.3, 0.4) is 0 Å². The molecule has 0 aromatic heterocycles. The van der Waals surface area contributed by atoms with E-state index in [1.54, 1.807) is 0 Å². The third-order valence-electron chi connectivity index (χ3n) is 12.1. The predicted molar refractivity (Wildman–Crippen MR) is 238 cm³/mol. The molecule has 0 heterocycles. The van der Waals surface area contributed by atoms with Gasteiger partial charge in [0.15, 0.2) is 0 Å². The standard InChI is InChI=1S/C52H46BN/c1-31-15-21-39(22-16-31)54(40-23-17-32(2)18-24-40)48-28-26-44-43-25-27-47(45-13-9-11-41(49(43)45)42-12-10-14-46(48)50(42)44)53(51-36(6)29-33(3)30-37(51)7)52-35(5)20-19-34(4)38(52)8/h9-30H,1-8H3. The van der Waals surface area contributed by atoms with Crippen molar-refractivity contribution in [3.63, 3.8) is 0 Å². The van der Waals surface area contributed by atoms with E-state index in [2.05, 4.69) is 194 Å². The number of fused-ring (bicyclic) bond motifs is 2. The van der Waals surface area contributed by atoms with Gasteiger partial charge in [-0.2, -0.15) is 0 Å². The van der Waals surface area contributed by atoms with Gasteiger partial charge in [-0.25, -0.2) is 0 Å². The highest BCUT2D eigenvalue weighted by Crippen LogP contribution is 2.46. The van der Waals surface area contributed by atoms with E-state index in [0.29, 0.717) is 0 Å². The molecule has 9 aromatic carbocycles. The summed E-state index contributed by atoms with van der Waals surface area (Å²) in [7, 11) is 0. The monoisotopic (exact) mass is 695 g/mol. The molecule has 0 spiro atoms. The maximum atomic E-state index is 2.45. The molecule has 0 saturated heterocycles. The Kier molecular flexibility index (Phi) is 8.12. The summed E-state index contributed by atoms with van der Waals surface area (Å²) >= 11 is 0. The van der Waals surface area contributed by atoms with Crippen LogP contribution in [0.4, 0.5) is 17.1 Å². The molecule has 0 aliphatic carbocycles. The van der Waals surface area contributed by atoms with Gasteiger partial charge in [0.25, 0.3) is 0 Å². The molecular weight excluding hydrogens is 649 g/mol. The molecular formula is C52H46BN. The first-order valence-corrected chi connectivity index (χ1v) is 19.3. The van der Waals surface area contributed by atoms with Crippen molar-refractivity contribution >= 4 is 83.3 Å². The lowest BCUT2D eigenvalue weighted by atomic mass is 9.33. The largest absolute Gasteiger partial charge is 0.310 e. The van der Waals surface area contributed by atoms with Crippen LogP contribution in [0.5, 0.6) is 0 Å². The normalized spacial score (nSPS) is 11.7. The minimum Gasteiger partial charge on any atom is -0.310 e. The molecule has 0 amide bonds. The lowest BCUT2D eigenvalue weighted by molar-refractivity contribution is 1.28. The van der Waals surface area contributed by atoms with E-state index in [9.17, 15) is 0 Å². The Morgan fingerprint density at radius 3 is 1.44 bits per heavy atom. The molecule has 0 unspecified atom stereocenters. The highest BCUT2D eigenvalue weighted by molar-refractivity contribution is 6.98. The Morgan fingerprint density at radius 2 is 0.852 bits per heavy atom. The van der Waals surface area contributed by atoms with Crippen LogP contribution in [0.25, 0.3) is 43.1 Å². The molecule has 0 radical (unpaired) electrons. The van der Waals surface area contributed by atoms with Gasteiger partial charge in [0.05, 0.1) is 5.69 Å². The van der Waals surface area contributed by atoms with Gasteiger partial charge < -0.3 is 4.90 Å². The summed E-state index contributed by atoms with van der Waals surface area (Å²) in [6.07, 6.45) is 0. The maximum absolute atomic E-state index is 2.45. The van der Waals surface area contributed by atoms with Crippen LogP contribution in [-0.4, -0.2) is 6.71 Å². The molecule has 9 aromatic rings. The number of hydrogen-bond acceptors (Lipinski definition) is 1. The van der Waals surface area contributed by atoms with Crippen molar-refractivity contribution in [2.45, 2.75) is 55.4 Å². The number of nitrogens with zero attached hydrogens (tertiary/aromatic N) is 1. The van der Waals surface area contributed by atoms with Gasteiger partial charge in [-0.3, -0.25) is 0 Å². The summed E-state index contributed by atoms with van der Waals surface area (Å²) in [5.41, 5.74) is 18.3. The fourth-order valence-electron chi connectivity index (χ4n) is 9.50. The predicted octanol–water partition coefficient (Wildman–Crippen LogP) is 12.2. The Hall–Kier alpha value is -5.86. The van der Waals surface area contributed by atoms with Crippen molar-refractivity contribution in [1.82, 2.24) is 0 Å². The van der Waals surface area contributed by atoms with Crippen LogP contribution in [-0.2, 0) is 0 Å². The number of anilines is 3. The first-order valence-electron chi connectivity index (χ1n) is 19.3. The van der Waals surface area contributed by atoms with Crippen LogP contribution in [0, 0.1) is 55.4 Å². The molecule has 1 nitrogen and oxygen atoms in total. The maximum Gasteiger partial charge on any atom is 0.243 e. The molecule has 0 atom stereocenters. The summed E-state index contributed by atoms with van der Waals surface area (Å²) in [4.78, 5) is 2.42. The molecule has 0 bridgehead atoms. The second-order valence-corrected chi connectivity index (χ2v) is 15.8. The second kappa shape index (κ2) is 12.9. The molecule has 0 aliphatic heterocycles. The van der Waals surface area contributed by atoms with Crippen molar-refractivity contribution < 1.29 is 0 Å². The quantitative estimate of drug-likeness (QED) is 0.0951. The summed E-state index contributed by atoms with van der Waals surface area (Å²) in [5.74, 6) is 0. The highest BCUT2D eigenvalue weighted by atomic mass is 15.1. The van der Waals surface area contributed by atoms with Gasteiger partial charge in [0.1, 0.15) is 0 Å². The third kappa shape index (κ3) is 5.31. The zero-order valence-corrected chi connectivity index (χ0v) is 32.7.